The first-order chi connectivity index (χ1) is 13.2. The van der Waals surface area contributed by atoms with Crippen LogP contribution in [0.5, 0.6) is 0 Å². The molecule has 0 atom stereocenters. The summed E-state index contributed by atoms with van der Waals surface area (Å²) in [5, 5.41) is 6.57. The first kappa shape index (κ1) is 17.6. The van der Waals surface area contributed by atoms with Gasteiger partial charge in [-0.2, -0.15) is 0 Å². The normalized spacial score (nSPS) is 19.7. The Hall–Kier alpha value is -2.82. The molecule has 5 heteroatoms. The summed E-state index contributed by atoms with van der Waals surface area (Å²) >= 11 is 0. The monoisotopic (exact) mass is 362 g/mol. The Morgan fingerprint density at radius 1 is 1.11 bits per heavy atom. The maximum Gasteiger partial charge on any atom is 0.251 e. The molecule has 1 saturated carbocycles. The SMILES string of the molecule is CC1CCC(NC(=O)c2ccccc2CNc2cn3ccccc3n2)CC1. The molecule has 1 amide bonds. The van der Waals surface area contributed by atoms with E-state index in [-0.39, 0.29) is 5.91 Å². The van der Waals surface area contributed by atoms with Gasteiger partial charge in [0, 0.05) is 24.3 Å². The second-order valence-electron chi connectivity index (χ2n) is 7.53. The van der Waals surface area contributed by atoms with Gasteiger partial charge in [-0.05, 0) is 55.4 Å². The van der Waals surface area contributed by atoms with Crippen LogP contribution in [0.15, 0.2) is 54.9 Å². The van der Waals surface area contributed by atoms with Crippen LogP contribution in [0, 0.1) is 5.92 Å². The molecule has 3 aromatic rings. The van der Waals surface area contributed by atoms with E-state index in [0.717, 1.165) is 41.4 Å². The third kappa shape index (κ3) is 4.13. The summed E-state index contributed by atoms with van der Waals surface area (Å²) in [5.74, 6) is 1.61. The smallest absolute Gasteiger partial charge is 0.251 e. The van der Waals surface area contributed by atoms with Crippen LogP contribution in [0.2, 0.25) is 0 Å². The molecule has 0 bridgehead atoms. The molecule has 1 aromatic carbocycles. The van der Waals surface area contributed by atoms with Gasteiger partial charge in [0.1, 0.15) is 11.5 Å². The van der Waals surface area contributed by atoms with Gasteiger partial charge in [-0.25, -0.2) is 4.98 Å². The van der Waals surface area contributed by atoms with Gasteiger partial charge < -0.3 is 15.0 Å². The Balaban J connectivity index is 1.43. The number of carbonyl (C=O) groups is 1. The first-order valence-electron chi connectivity index (χ1n) is 9.75. The van der Waals surface area contributed by atoms with E-state index in [1.165, 1.54) is 12.8 Å². The van der Waals surface area contributed by atoms with E-state index in [4.69, 9.17) is 0 Å². The van der Waals surface area contributed by atoms with E-state index in [1.807, 2.05) is 59.3 Å². The van der Waals surface area contributed by atoms with Gasteiger partial charge in [0.05, 0.1) is 6.20 Å². The maximum atomic E-state index is 12.8. The predicted octanol–water partition coefficient (Wildman–Crippen LogP) is 4.25. The van der Waals surface area contributed by atoms with Crippen LogP contribution < -0.4 is 10.6 Å². The molecule has 0 spiro atoms. The minimum absolute atomic E-state index is 0.0296. The van der Waals surface area contributed by atoms with Gasteiger partial charge in [0.25, 0.3) is 5.91 Å². The lowest BCUT2D eigenvalue weighted by molar-refractivity contribution is 0.0922. The van der Waals surface area contributed by atoms with Crippen molar-refractivity contribution in [3.63, 3.8) is 0 Å². The Morgan fingerprint density at radius 3 is 2.70 bits per heavy atom. The summed E-state index contributed by atoms with van der Waals surface area (Å²) in [6, 6.07) is 14.0. The first-order valence-corrected chi connectivity index (χ1v) is 9.75. The van der Waals surface area contributed by atoms with Crippen molar-refractivity contribution in [3.8, 4) is 0 Å². The summed E-state index contributed by atoms with van der Waals surface area (Å²) in [5.41, 5.74) is 2.63. The van der Waals surface area contributed by atoms with Crippen LogP contribution in [-0.2, 0) is 6.54 Å². The number of amides is 1. The highest BCUT2D eigenvalue weighted by Gasteiger charge is 2.21. The summed E-state index contributed by atoms with van der Waals surface area (Å²) in [4.78, 5) is 17.4. The zero-order valence-corrected chi connectivity index (χ0v) is 15.7. The third-order valence-corrected chi connectivity index (χ3v) is 5.44. The molecule has 2 heterocycles. The fraction of sp³-hybridized carbons (Fsp3) is 0.364. The van der Waals surface area contributed by atoms with E-state index >= 15 is 0 Å². The molecule has 1 fully saturated rings. The number of pyridine rings is 1. The number of benzene rings is 1. The van der Waals surface area contributed by atoms with E-state index in [0.29, 0.717) is 12.6 Å². The van der Waals surface area contributed by atoms with E-state index < -0.39 is 0 Å². The van der Waals surface area contributed by atoms with Crippen LogP contribution in [0.25, 0.3) is 5.65 Å². The Labute approximate surface area is 159 Å². The molecule has 2 N–H and O–H groups in total. The number of nitrogens with zero attached hydrogens (tertiary/aromatic N) is 2. The number of rotatable bonds is 5. The minimum atomic E-state index is 0.0296. The van der Waals surface area contributed by atoms with E-state index in [1.54, 1.807) is 0 Å². The highest BCUT2D eigenvalue weighted by atomic mass is 16.1. The summed E-state index contributed by atoms with van der Waals surface area (Å²) < 4.78 is 1.98. The number of aromatic nitrogens is 2. The Bertz CT molecular complexity index is 892. The quantitative estimate of drug-likeness (QED) is 0.713. The molecule has 1 aliphatic carbocycles. The van der Waals surface area contributed by atoms with Crippen molar-refractivity contribution < 1.29 is 4.79 Å². The largest absolute Gasteiger partial charge is 0.365 e. The van der Waals surface area contributed by atoms with Gasteiger partial charge in [-0.1, -0.05) is 31.2 Å². The van der Waals surface area contributed by atoms with Crippen molar-refractivity contribution in [1.82, 2.24) is 14.7 Å². The summed E-state index contributed by atoms with van der Waals surface area (Å²) in [7, 11) is 0. The number of hydrogen-bond acceptors (Lipinski definition) is 3. The van der Waals surface area contributed by atoms with Crippen LogP contribution in [0.4, 0.5) is 5.82 Å². The van der Waals surface area contributed by atoms with E-state index in [9.17, 15) is 4.79 Å². The molecule has 1 aliphatic rings. The standard InChI is InChI=1S/C22H26N4O/c1-16-9-11-18(12-10-16)24-22(27)19-7-3-2-6-17(19)14-23-20-15-26-13-5-4-8-21(26)25-20/h2-8,13,15-16,18,23H,9-12,14H2,1H3,(H,24,27). The molecule has 2 aromatic heterocycles. The molecule has 0 radical (unpaired) electrons. The highest BCUT2D eigenvalue weighted by molar-refractivity contribution is 5.95. The molecule has 4 rings (SSSR count). The third-order valence-electron chi connectivity index (χ3n) is 5.44. The minimum Gasteiger partial charge on any atom is -0.365 e. The van der Waals surface area contributed by atoms with Crippen molar-refractivity contribution in [2.75, 3.05) is 5.32 Å². The van der Waals surface area contributed by atoms with Crippen LogP contribution in [0.1, 0.15) is 48.5 Å². The van der Waals surface area contributed by atoms with Gasteiger partial charge in [-0.15, -0.1) is 0 Å². The topological polar surface area (TPSA) is 58.4 Å². The highest BCUT2D eigenvalue weighted by Crippen LogP contribution is 2.24. The lowest BCUT2D eigenvalue weighted by Gasteiger charge is -2.27. The van der Waals surface area contributed by atoms with Crippen molar-refractivity contribution in [3.05, 3.63) is 66.0 Å². The van der Waals surface area contributed by atoms with Gasteiger partial charge in [0.15, 0.2) is 0 Å². The fourth-order valence-electron chi connectivity index (χ4n) is 3.77. The zero-order valence-electron chi connectivity index (χ0n) is 15.7. The number of hydrogen-bond donors (Lipinski definition) is 2. The van der Waals surface area contributed by atoms with Crippen molar-refractivity contribution in [2.24, 2.45) is 5.92 Å². The number of imidazole rings is 1. The second kappa shape index (κ2) is 7.82. The van der Waals surface area contributed by atoms with Crippen molar-refractivity contribution in [1.29, 1.82) is 0 Å². The molecular formula is C22H26N4O. The van der Waals surface area contributed by atoms with Crippen molar-refractivity contribution >= 4 is 17.4 Å². The Kier molecular flexibility index (Phi) is 5.10. The number of anilines is 1. The lowest BCUT2D eigenvalue weighted by Crippen LogP contribution is -2.37. The Morgan fingerprint density at radius 2 is 1.89 bits per heavy atom. The molecule has 0 unspecified atom stereocenters. The van der Waals surface area contributed by atoms with Crippen LogP contribution >= 0.6 is 0 Å². The number of nitrogens with one attached hydrogen (secondary N) is 2. The summed E-state index contributed by atoms with van der Waals surface area (Å²) in [6.07, 6.45) is 8.48. The number of carbonyl (C=O) groups excluding carboxylic acids is 1. The average Bonchev–Trinajstić information content (AvgIpc) is 3.11. The maximum absolute atomic E-state index is 12.8. The molecule has 27 heavy (non-hydrogen) atoms. The molecule has 0 saturated heterocycles. The zero-order chi connectivity index (χ0) is 18.6. The van der Waals surface area contributed by atoms with Gasteiger partial charge in [0.2, 0.25) is 0 Å². The summed E-state index contributed by atoms with van der Waals surface area (Å²) in [6.45, 7) is 2.85. The van der Waals surface area contributed by atoms with Crippen molar-refractivity contribution in [2.45, 2.75) is 45.2 Å². The number of fused-ring (bicyclic) bond motifs is 1. The predicted molar refractivity (Wildman–Crippen MR) is 108 cm³/mol. The van der Waals surface area contributed by atoms with E-state index in [2.05, 4.69) is 22.5 Å². The molecular weight excluding hydrogens is 336 g/mol. The average molecular weight is 362 g/mol. The molecule has 5 nitrogen and oxygen atoms in total. The second-order valence-corrected chi connectivity index (χ2v) is 7.53. The van der Waals surface area contributed by atoms with Crippen LogP contribution in [0.3, 0.4) is 0 Å². The van der Waals surface area contributed by atoms with Gasteiger partial charge in [-0.3, -0.25) is 4.79 Å². The molecule has 140 valence electrons. The molecule has 0 aliphatic heterocycles. The lowest BCUT2D eigenvalue weighted by atomic mass is 9.87. The fourth-order valence-corrected chi connectivity index (χ4v) is 3.77. The van der Waals surface area contributed by atoms with Crippen LogP contribution in [-0.4, -0.2) is 21.3 Å². The van der Waals surface area contributed by atoms with Gasteiger partial charge >= 0.3 is 0 Å².